The molecular weight excluding hydrogens is 358 g/mol. The van der Waals surface area contributed by atoms with Crippen LogP contribution in [-0.2, 0) is 4.74 Å². The van der Waals surface area contributed by atoms with Crippen molar-refractivity contribution in [2.45, 2.75) is 38.3 Å². The topological polar surface area (TPSA) is 94.4 Å². The highest BCUT2D eigenvalue weighted by Gasteiger charge is 2.33. The molecule has 148 valence electrons. The first-order valence-corrected chi connectivity index (χ1v) is 9.90. The number of ether oxygens (including phenoxy) is 1. The van der Waals surface area contributed by atoms with Crippen LogP contribution in [0.25, 0.3) is 11.0 Å². The van der Waals surface area contributed by atoms with Gasteiger partial charge in [-0.15, -0.1) is 0 Å². The number of aromatic nitrogens is 2. The SMILES string of the molecule is CCOC(=O)N1CC[C@H](N2CCC(n3c(=O)[nH]c4ccc(C#N)cc43)CC2)C1. The minimum atomic E-state index is -0.224. The molecule has 1 amide bonds. The van der Waals surface area contributed by atoms with Crippen LogP contribution in [0.5, 0.6) is 0 Å². The van der Waals surface area contributed by atoms with Gasteiger partial charge in [-0.3, -0.25) is 9.47 Å². The van der Waals surface area contributed by atoms with Gasteiger partial charge >= 0.3 is 11.8 Å². The minimum Gasteiger partial charge on any atom is -0.450 e. The third-order valence-corrected chi connectivity index (χ3v) is 5.92. The molecule has 0 radical (unpaired) electrons. The molecule has 0 aliphatic carbocycles. The van der Waals surface area contributed by atoms with E-state index in [1.807, 2.05) is 11.5 Å². The van der Waals surface area contributed by atoms with Crippen LogP contribution in [0.3, 0.4) is 0 Å². The largest absolute Gasteiger partial charge is 0.450 e. The molecule has 1 atom stereocenters. The minimum absolute atomic E-state index is 0.113. The standard InChI is InChI=1S/C20H25N5O3/c1-2-28-20(27)24-10-7-16(13-24)23-8-5-15(6-9-23)25-18-11-14(12-21)3-4-17(18)22-19(25)26/h3-4,11,15-16H,2,5-10,13H2,1H3,(H,22,26)/t16-/m0/s1. The van der Waals surface area contributed by atoms with Gasteiger partial charge in [0, 0.05) is 38.3 Å². The van der Waals surface area contributed by atoms with Crippen molar-refractivity contribution in [3.8, 4) is 6.07 Å². The Balaban J connectivity index is 1.43. The van der Waals surface area contributed by atoms with Crippen LogP contribution in [0.1, 0.15) is 37.8 Å². The number of rotatable bonds is 3. The number of fused-ring (bicyclic) bond motifs is 1. The van der Waals surface area contributed by atoms with Gasteiger partial charge in [-0.2, -0.15) is 5.26 Å². The highest BCUT2D eigenvalue weighted by Crippen LogP contribution is 2.28. The summed E-state index contributed by atoms with van der Waals surface area (Å²) in [4.78, 5) is 31.5. The molecule has 8 heteroatoms. The number of amides is 1. The molecule has 1 N–H and O–H groups in total. The van der Waals surface area contributed by atoms with E-state index >= 15 is 0 Å². The molecule has 2 aliphatic heterocycles. The summed E-state index contributed by atoms with van der Waals surface area (Å²) in [6, 6.07) is 7.92. The number of nitrogens with zero attached hydrogens (tertiary/aromatic N) is 4. The van der Waals surface area contributed by atoms with Crippen molar-refractivity contribution in [2.24, 2.45) is 0 Å². The second-order valence-corrected chi connectivity index (χ2v) is 7.50. The summed E-state index contributed by atoms with van der Waals surface area (Å²) >= 11 is 0. The predicted molar refractivity (Wildman–Crippen MR) is 104 cm³/mol. The molecule has 28 heavy (non-hydrogen) atoms. The van der Waals surface area contributed by atoms with Gasteiger partial charge < -0.3 is 14.6 Å². The number of likely N-dealkylation sites (tertiary alicyclic amines) is 2. The molecule has 0 spiro atoms. The Morgan fingerprint density at radius 1 is 1.25 bits per heavy atom. The number of H-pyrrole nitrogens is 1. The molecule has 2 saturated heterocycles. The van der Waals surface area contributed by atoms with Crippen LogP contribution in [-0.4, -0.2) is 64.3 Å². The summed E-state index contributed by atoms with van der Waals surface area (Å²) in [7, 11) is 0. The number of carbonyl (C=O) groups excluding carboxylic acids is 1. The van der Waals surface area contributed by atoms with Gasteiger partial charge in [-0.1, -0.05) is 0 Å². The van der Waals surface area contributed by atoms with Crippen LogP contribution in [0.15, 0.2) is 23.0 Å². The van der Waals surface area contributed by atoms with E-state index in [1.54, 1.807) is 23.1 Å². The lowest BCUT2D eigenvalue weighted by atomic mass is 10.0. The van der Waals surface area contributed by atoms with E-state index in [4.69, 9.17) is 10.00 Å². The highest BCUT2D eigenvalue weighted by molar-refractivity contribution is 5.77. The first-order chi connectivity index (χ1) is 13.6. The van der Waals surface area contributed by atoms with E-state index in [1.165, 1.54) is 0 Å². The first kappa shape index (κ1) is 18.6. The van der Waals surface area contributed by atoms with Crippen molar-refractivity contribution < 1.29 is 9.53 Å². The van der Waals surface area contributed by atoms with Gasteiger partial charge in [0.05, 0.1) is 29.3 Å². The number of aromatic amines is 1. The molecule has 1 aromatic heterocycles. The van der Waals surface area contributed by atoms with E-state index in [2.05, 4.69) is 16.0 Å². The Labute approximate surface area is 163 Å². The Morgan fingerprint density at radius 2 is 2.00 bits per heavy atom. The molecule has 3 heterocycles. The average Bonchev–Trinajstić information content (AvgIpc) is 3.32. The van der Waals surface area contributed by atoms with Crippen molar-refractivity contribution in [1.82, 2.24) is 19.4 Å². The van der Waals surface area contributed by atoms with Crippen molar-refractivity contribution in [2.75, 3.05) is 32.8 Å². The van der Waals surface area contributed by atoms with Crippen LogP contribution in [0.4, 0.5) is 4.79 Å². The third-order valence-electron chi connectivity index (χ3n) is 5.92. The van der Waals surface area contributed by atoms with Crippen LogP contribution < -0.4 is 5.69 Å². The van der Waals surface area contributed by atoms with E-state index in [-0.39, 0.29) is 17.8 Å². The Kier molecular flexibility index (Phi) is 5.09. The molecule has 2 fully saturated rings. The smallest absolute Gasteiger partial charge is 0.409 e. The molecule has 8 nitrogen and oxygen atoms in total. The van der Waals surface area contributed by atoms with Crippen molar-refractivity contribution >= 4 is 17.1 Å². The number of hydrogen-bond acceptors (Lipinski definition) is 5. The number of carbonyl (C=O) groups is 1. The first-order valence-electron chi connectivity index (χ1n) is 9.90. The maximum absolute atomic E-state index is 12.5. The quantitative estimate of drug-likeness (QED) is 0.876. The molecule has 0 bridgehead atoms. The second kappa shape index (κ2) is 7.68. The number of nitrogens with one attached hydrogen (secondary N) is 1. The Hall–Kier alpha value is -2.79. The normalized spacial score (nSPS) is 21.1. The summed E-state index contributed by atoms with van der Waals surface area (Å²) in [5, 5.41) is 9.16. The average molecular weight is 383 g/mol. The van der Waals surface area contributed by atoms with Gasteiger partial charge in [0.15, 0.2) is 0 Å². The van der Waals surface area contributed by atoms with Gasteiger partial charge in [-0.05, 0) is 44.4 Å². The van der Waals surface area contributed by atoms with E-state index in [0.717, 1.165) is 49.9 Å². The third kappa shape index (κ3) is 3.38. The molecule has 2 aromatic rings. The maximum Gasteiger partial charge on any atom is 0.409 e. The summed E-state index contributed by atoms with van der Waals surface area (Å²) < 4.78 is 6.92. The van der Waals surface area contributed by atoms with Gasteiger partial charge in [0.1, 0.15) is 0 Å². The summed E-state index contributed by atoms with van der Waals surface area (Å²) in [6.07, 6.45) is 2.49. The molecule has 1 aromatic carbocycles. The fourth-order valence-corrected chi connectivity index (χ4v) is 4.48. The zero-order valence-electron chi connectivity index (χ0n) is 16.1. The maximum atomic E-state index is 12.5. The van der Waals surface area contributed by atoms with E-state index in [9.17, 15) is 9.59 Å². The zero-order chi connectivity index (χ0) is 19.7. The lowest BCUT2D eigenvalue weighted by Gasteiger charge is -2.36. The Morgan fingerprint density at radius 3 is 2.71 bits per heavy atom. The number of benzene rings is 1. The van der Waals surface area contributed by atoms with Crippen molar-refractivity contribution in [3.05, 3.63) is 34.2 Å². The molecule has 0 unspecified atom stereocenters. The molecule has 4 rings (SSSR count). The van der Waals surface area contributed by atoms with Gasteiger partial charge in [-0.25, -0.2) is 9.59 Å². The van der Waals surface area contributed by atoms with Gasteiger partial charge in [0.25, 0.3) is 0 Å². The number of nitriles is 1. The molecule has 2 aliphatic rings. The van der Waals surface area contributed by atoms with E-state index < -0.39 is 0 Å². The van der Waals surface area contributed by atoms with E-state index in [0.29, 0.717) is 24.8 Å². The monoisotopic (exact) mass is 383 g/mol. The number of imidazole rings is 1. The zero-order valence-corrected chi connectivity index (χ0v) is 16.1. The molecule has 0 saturated carbocycles. The molecular formula is C20H25N5O3. The second-order valence-electron chi connectivity index (χ2n) is 7.50. The Bertz CT molecular complexity index is 964. The van der Waals surface area contributed by atoms with Crippen LogP contribution in [0, 0.1) is 11.3 Å². The highest BCUT2D eigenvalue weighted by atomic mass is 16.6. The van der Waals surface area contributed by atoms with Gasteiger partial charge in [0.2, 0.25) is 0 Å². The van der Waals surface area contributed by atoms with Crippen molar-refractivity contribution in [1.29, 1.82) is 5.26 Å². The lowest BCUT2D eigenvalue weighted by molar-refractivity contribution is 0.105. The fourth-order valence-electron chi connectivity index (χ4n) is 4.48. The number of hydrogen-bond donors (Lipinski definition) is 1. The van der Waals surface area contributed by atoms with Crippen LogP contribution >= 0.6 is 0 Å². The summed E-state index contributed by atoms with van der Waals surface area (Å²) in [5.41, 5.74) is 2.02. The van der Waals surface area contributed by atoms with Crippen molar-refractivity contribution in [3.63, 3.8) is 0 Å². The fraction of sp³-hybridized carbons (Fsp3) is 0.550. The predicted octanol–water partition coefficient (Wildman–Crippen LogP) is 2.07. The summed E-state index contributed by atoms with van der Waals surface area (Å²) in [6.45, 7) is 5.46. The lowest BCUT2D eigenvalue weighted by Crippen LogP contribution is -2.44. The summed E-state index contributed by atoms with van der Waals surface area (Å²) in [5.74, 6) is 0. The number of piperidine rings is 1. The van der Waals surface area contributed by atoms with Crippen LogP contribution in [0.2, 0.25) is 0 Å².